The van der Waals surface area contributed by atoms with Crippen LogP contribution in [0.2, 0.25) is 0 Å². The number of aryl methyl sites for hydroxylation is 2. The molecule has 0 aliphatic heterocycles. The van der Waals surface area contributed by atoms with Gasteiger partial charge in [0.2, 0.25) is 0 Å². The lowest BCUT2D eigenvalue weighted by Crippen LogP contribution is -2.03. The molecule has 2 rings (SSSR count). The molecule has 5 heteroatoms. The third kappa shape index (κ3) is 2.86. The summed E-state index contributed by atoms with van der Waals surface area (Å²) in [5.41, 5.74) is 7.90. The number of nitrogens with two attached hydrogens (primary N) is 1. The average molecular weight is 265 g/mol. The van der Waals surface area contributed by atoms with Crippen molar-refractivity contribution < 1.29 is 4.39 Å². The highest BCUT2D eigenvalue weighted by Gasteiger charge is 2.06. The summed E-state index contributed by atoms with van der Waals surface area (Å²) in [4.78, 5) is 5.53. The Hall–Kier alpha value is -1.46. The van der Waals surface area contributed by atoms with Crippen molar-refractivity contribution in [1.82, 2.24) is 4.98 Å². The van der Waals surface area contributed by atoms with E-state index in [1.165, 1.54) is 10.9 Å². The van der Waals surface area contributed by atoms with Crippen LogP contribution in [0.15, 0.2) is 18.2 Å². The molecule has 0 fully saturated rings. The first-order chi connectivity index (χ1) is 8.60. The van der Waals surface area contributed by atoms with E-state index in [1.54, 1.807) is 17.4 Å². The minimum Gasteiger partial charge on any atom is -0.357 e. The normalized spacial score (nSPS) is 10.7. The lowest BCUT2D eigenvalue weighted by atomic mass is 10.1. The van der Waals surface area contributed by atoms with Crippen molar-refractivity contribution in [2.45, 2.75) is 26.9 Å². The average Bonchev–Trinajstić information content (AvgIpc) is 2.67. The minimum atomic E-state index is -0.226. The Morgan fingerprint density at radius 2 is 2.17 bits per heavy atom. The molecule has 18 heavy (non-hydrogen) atoms. The summed E-state index contributed by atoms with van der Waals surface area (Å²) in [6.45, 7) is 4.78. The van der Waals surface area contributed by atoms with Gasteiger partial charge in [0.1, 0.15) is 5.82 Å². The van der Waals surface area contributed by atoms with Crippen LogP contribution in [0.5, 0.6) is 0 Å². The second-order valence-corrected chi connectivity index (χ2v) is 5.35. The highest BCUT2D eigenvalue weighted by molar-refractivity contribution is 7.15. The van der Waals surface area contributed by atoms with E-state index in [4.69, 9.17) is 5.73 Å². The van der Waals surface area contributed by atoms with Crippen molar-refractivity contribution in [3.63, 3.8) is 0 Å². The van der Waals surface area contributed by atoms with E-state index >= 15 is 0 Å². The number of hydrogen-bond acceptors (Lipinski definition) is 4. The first-order valence-corrected chi connectivity index (χ1v) is 6.57. The summed E-state index contributed by atoms with van der Waals surface area (Å²) >= 11 is 1.58. The molecule has 3 nitrogen and oxygen atoms in total. The summed E-state index contributed by atoms with van der Waals surface area (Å²) in [7, 11) is 0. The molecule has 0 aliphatic carbocycles. The first kappa shape index (κ1) is 13.0. The topological polar surface area (TPSA) is 50.9 Å². The Labute approximate surface area is 110 Å². The fourth-order valence-electron chi connectivity index (χ4n) is 1.58. The number of rotatable bonds is 4. The number of aromatic nitrogens is 1. The molecule has 0 bridgehead atoms. The summed E-state index contributed by atoms with van der Waals surface area (Å²) in [6.07, 6.45) is 0. The second-order valence-electron chi connectivity index (χ2n) is 4.14. The smallest absolute Gasteiger partial charge is 0.183 e. The number of anilines is 1. The van der Waals surface area contributed by atoms with Crippen LogP contribution in [0.4, 0.5) is 9.52 Å². The molecular weight excluding hydrogens is 249 g/mol. The van der Waals surface area contributed by atoms with E-state index in [1.807, 2.05) is 19.9 Å². The number of nitrogens with one attached hydrogen (secondary N) is 1. The largest absolute Gasteiger partial charge is 0.357 e. The van der Waals surface area contributed by atoms with Gasteiger partial charge >= 0.3 is 0 Å². The predicted molar refractivity (Wildman–Crippen MR) is 73.2 cm³/mol. The van der Waals surface area contributed by atoms with E-state index in [2.05, 4.69) is 10.3 Å². The maximum atomic E-state index is 13.7. The zero-order valence-corrected chi connectivity index (χ0v) is 11.3. The van der Waals surface area contributed by atoms with Crippen LogP contribution >= 0.6 is 11.3 Å². The molecule has 0 amide bonds. The summed E-state index contributed by atoms with van der Waals surface area (Å²) in [5.74, 6) is -0.226. The Morgan fingerprint density at radius 3 is 2.72 bits per heavy atom. The van der Waals surface area contributed by atoms with E-state index in [0.29, 0.717) is 18.7 Å². The van der Waals surface area contributed by atoms with Crippen molar-refractivity contribution in [2.24, 2.45) is 5.73 Å². The number of hydrogen-bond donors (Lipinski definition) is 2. The molecule has 1 heterocycles. The van der Waals surface area contributed by atoms with Gasteiger partial charge in [0.15, 0.2) is 5.13 Å². The molecule has 96 valence electrons. The Bertz CT molecular complexity index is 532. The van der Waals surface area contributed by atoms with Gasteiger partial charge in [-0.25, -0.2) is 9.37 Å². The standard InChI is InChI=1S/C13H16FN3S/c1-8-9(2)18-13(17-8)16-7-11-4-3-10(6-15)5-12(11)14/h3-5H,6-7,15H2,1-2H3,(H,16,17). The van der Waals surface area contributed by atoms with Crippen LogP contribution in [0.1, 0.15) is 21.7 Å². The van der Waals surface area contributed by atoms with Crippen LogP contribution in [-0.2, 0) is 13.1 Å². The molecule has 1 aromatic heterocycles. The lowest BCUT2D eigenvalue weighted by Gasteiger charge is -2.06. The van der Waals surface area contributed by atoms with Crippen LogP contribution in [0.25, 0.3) is 0 Å². The first-order valence-electron chi connectivity index (χ1n) is 5.75. The number of thiazole rings is 1. The molecule has 0 radical (unpaired) electrons. The molecule has 3 N–H and O–H groups in total. The highest BCUT2D eigenvalue weighted by atomic mass is 32.1. The van der Waals surface area contributed by atoms with E-state index in [0.717, 1.165) is 16.4 Å². The van der Waals surface area contributed by atoms with Crippen molar-refractivity contribution >= 4 is 16.5 Å². The molecule has 0 aliphatic rings. The maximum absolute atomic E-state index is 13.7. The van der Waals surface area contributed by atoms with Gasteiger partial charge in [-0.1, -0.05) is 12.1 Å². The molecule has 0 unspecified atom stereocenters. The zero-order chi connectivity index (χ0) is 13.1. The van der Waals surface area contributed by atoms with Crippen molar-refractivity contribution in [2.75, 3.05) is 5.32 Å². The molecule has 0 saturated heterocycles. The van der Waals surface area contributed by atoms with Gasteiger partial charge in [-0.2, -0.15) is 0 Å². The van der Waals surface area contributed by atoms with Crippen molar-refractivity contribution in [1.29, 1.82) is 0 Å². The van der Waals surface area contributed by atoms with Crippen molar-refractivity contribution in [3.05, 3.63) is 45.7 Å². The third-order valence-corrected chi connectivity index (χ3v) is 3.84. The Balaban J connectivity index is 2.06. The van der Waals surface area contributed by atoms with Gasteiger partial charge in [0.05, 0.1) is 5.69 Å². The van der Waals surface area contributed by atoms with Gasteiger partial charge in [0.25, 0.3) is 0 Å². The summed E-state index contributed by atoms with van der Waals surface area (Å²) in [6, 6.07) is 5.09. The Kier molecular flexibility index (Phi) is 3.93. The number of benzene rings is 1. The molecule has 0 spiro atoms. The molecular formula is C13H16FN3S. The minimum absolute atomic E-state index is 0.226. The van der Waals surface area contributed by atoms with Crippen LogP contribution < -0.4 is 11.1 Å². The molecule has 2 aromatic rings. The quantitative estimate of drug-likeness (QED) is 0.893. The number of halogens is 1. The van der Waals surface area contributed by atoms with Gasteiger partial charge in [-0.3, -0.25) is 0 Å². The Morgan fingerprint density at radius 1 is 1.39 bits per heavy atom. The van der Waals surface area contributed by atoms with Gasteiger partial charge in [-0.05, 0) is 25.5 Å². The van der Waals surface area contributed by atoms with Crippen LogP contribution in [-0.4, -0.2) is 4.98 Å². The lowest BCUT2D eigenvalue weighted by molar-refractivity contribution is 0.610. The summed E-state index contributed by atoms with van der Waals surface area (Å²) in [5, 5.41) is 3.96. The fourth-order valence-corrected chi connectivity index (χ4v) is 2.39. The highest BCUT2D eigenvalue weighted by Crippen LogP contribution is 2.22. The fraction of sp³-hybridized carbons (Fsp3) is 0.308. The molecule has 0 saturated carbocycles. The molecule has 1 aromatic carbocycles. The van der Waals surface area contributed by atoms with E-state index < -0.39 is 0 Å². The molecule has 0 atom stereocenters. The second kappa shape index (κ2) is 5.46. The third-order valence-electron chi connectivity index (χ3n) is 2.81. The van der Waals surface area contributed by atoms with Crippen molar-refractivity contribution in [3.8, 4) is 0 Å². The van der Waals surface area contributed by atoms with Crippen LogP contribution in [0.3, 0.4) is 0 Å². The SMILES string of the molecule is Cc1nc(NCc2ccc(CN)cc2F)sc1C. The number of nitrogens with zero attached hydrogens (tertiary/aromatic N) is 1. The van der Waals surface area contributed by atoms with Gasteiger partial charge in [-0.15, -0.1) is 11.3 Å². The monoisotopic (exact) mass is 265 g/mol. The zero-order valence-electron chi connectivity index (χ0n) is 10.5. The van der Waals surface area contributed by atoms with E-state index in [-0.39, 0.29) is 5.82 Å². The maximum Gasteiger partial charge on any atom is 0.183 e. The van der Waals surface area contributed by atoms with Gasteiger partial charge < -0.3 is 11.1 Å². The van der Waals surface area contributed by atoms with Crippen LogP contribution in [0, 0.1) is 19.7 Å². The summed E-state index contributed by atoms with van der Waals surface area (Å²) < 4.78 is 13.7. The van der Waals surface area contributed by atoms with Gasteiger partial charge in [0, 0.05) is 23.5 Å². The predicted octanol–water partition coefficient (Wildman–Crippen LogP) is 2.97. The van der Waals surface area contributed by atoms with E-state index in [9.17, 15) is 4.39 Å².